The van der Waals surface area contributed by atoms with E-state index in [1.54, 1.807) is 0 Å². The van der Waals surface area contributed by atoms with Crippen molar-refractivity contribution in [2.45, 2.75) is 51.9 Å². The van der Waals surface area contributed by atoms with Crippen LogP contribution in [-0.4, -0.2) is 32.2 Å². The Morgan fingerprint density at radius 3 is 2.53 bits per heavy atom. The van der Waals surface area contributed by atoms with Gasteiger partial charge in [-0.05, 0) is 6.42 Å². The third-order valence-electron chi connectivity index (χ3n) is 2.59. The standard InChI is InChI=1S/C13H28N2O2/c1-2-3-4-5-6-7-12-17-13(16)8-10-15-11-9-14/h15H,2-12,14H2,1H3. The number of rotatable bonds is 12. The van der Waals surface area contributed by atoms with Gasteiger partial charge in [-0.25, -0.2) is 0 Å². The Labute approximate surface area is 105 Å². The van der Waals surface area contributed by atoms with Crippen LogP contribution in [0.25, 0.3) is 0 Å². The average Bonchev–Trinajstić information content (AvgIpc) is 2.33. The number of carbonyl (C=O) groups excluding carboxylic acids is 1. The molecule has 0 bridgehead atoms. The molecule has 0 heterocycles. The zero-order chi connectivity index (χ0) is 12.8. The Morgan fingerprint density at radius 1 is 1.12 bits per heavy atom. The Balaban J connectivity index is 3.11. The quantitative estimate of drug-likeness (QED) is 0.406. The van der Waals surface area contributed by atoms with Gasteiger partial charge in [0.1, 0.15) is 0 Å². The topological polar surface area (TPSA) is 64.3 Å². The van der Waals surface area contributed by atoms with Gasteiger partial charge in [0.15, 0.2) is 0 Å². The lowest BCUT2D eigenvalue weighted by Crippen LogP contribution is -2.25. The lowest BCUT2D eigenvalue weighted by Gasteiger charge is -2.05. The maximum Gasteiger partial charge on any atom is 0.307 e. The normalized spacial score (nSPS) is 10.5. The van der Waals surface area contributed by atoms with Crippen molar-refractivity contribution in [2.75, 3.05) is 26.2 Å². The van der Waals surface area contributed by atoms with Crippen molar-refractivity contribution in [1.82, 2.24) is 5.32 Å². The van der Waals surface area contributed by atoms with Crippen molar-refractivity contribution >= 4 is 5.97 Å². The van der Waals surface area contributed by atoms with E-state index < -0.39 is 0 Å². The molecule has 0 saturated heterocycles. The molecule has 0 aliphatic heterocycles. The summed E-state index contributed by atoms with van der Waals surface area (Å²) in [5.41, 5.74) is 5.31. The number of hydrogen-bond acceptors (Lipinski definition) is 4. The molecule has 0 saturated carbocycles. The fourth-order valence-corrected chi connectivity index (χ4v) is 1.56. The van der Waals surface area contributed by atoms with Crippen LogP contribution in [0.2, 0.25) is 0 Å². The van der Waals surface area contributed by atoms with Gasteiger partial charge in [0, 0.05) is 19.6 Å². The zero-order valence-electron chi connectivity index (χ0n) is 11.2. The SMILES string of the molecule is CCCCCCCCOC(=O)CCNCCN. The van der Waals surface area contributed by atoms with Gasteiger partial charge in [0.2, 0.25) is 0 Å². The Kier molecular flexibility index (Phi) is 13.0. The fourth-order valence-electron chi connectivity index (χ4n) is 1.56. The molecular formula is C13H28N2O2. The molecule has 0 unspecified atom stereocenters. The molecule has 4 nitrogen and oxygen atoms in total. The van der Waals surface area contributed by atoms with Gasteiger partial charge >= 0.3 is 5.97 Å². The van der Waals surface area contributed by atoms with E-state index in [0.29, 0.717) is 26.1 Å². The second-order valence-electron chi connectivity index (χ2n) is 4.28. The van der Waals surface area contributed by atoms with E-state index in [-0.39, 0.29) is 5.97 Å². The summed E-state index contributed by atoms with van der Waals surface area (Å²) in [5.74, 6) is -0.108. The van der Waals surface area contributed by atoms with Gasteiger partial charge in [-0.2, -0.15) is 0 Å². The predicted molar refractivity (Wildman–Crippen MR) is 70.9 cm³/mol. The number of nitrogens with one attached hydrogen (secondary N) is 1. The van der Waals surface area contributed by atoms with E-state index in [4.69, 9.17) is 10.5 Å². The fraction of sp³-hybridized carbons (Fsp3) is 0.923. The minimum Gasteiger partial charge on any atom is -0.466 e. The molecule has 17 heavy (non-hydrogen) atoms. The minimum absolute atomic E-state index is 0.108. The second kappa shape index (κ2) is 13.5. The Hall–Kier alpha value is -0.610. The van der Waals surface area contributed by atoms with Gasteiger partial charge in [-0.3, -0.25) is 4.79 Å². The summed E-state index contributed by atoms with van der Waals surface area (Å²) in [5, 5.41) is 3.06. The molecule has 0 atom stereocenters. The highest BCUT2D eigenvalue weighted by atomic mass is 16.5. The molecule has 0 amide bonds. The van der Waals surface area contributed by atoms with Crippen LogP contribution >= 0.6 is 0 Å². The van der Waals surface area contributed by atoms with Crippen molar-refractivity contribution in [3.8, 4) is 0 Å². The number of carbonyl (C=O) groups is 1. The average molecular weight is 244 g/mol. The summed E-state index contributed by atoms with van der Waals surface area (Å²) in [7, 11) is 0. The van der Waals surface area contributed by atoms with Crippen molar-refractivity contribution in [3.05, 3.63) is 0 Å². The zero-order valence-corrected chi connectivity index (χ0v) is 11.2. The smallest absolute Gasteiger partial charge is 0.307 e. The molecule has 0 spiro atoms. The van der Waals surface area contributed by atoms with Gasteiger partial charge < -0.3 is 15.8 Å². The highest BCUT2D eigenvalue weighted by Crippen LogP contribution is 2.05. The van der Waals surface area contributed by atoms with Crippen LogP contribution in [0.15, 0.2) is 0 Å². The van der Waals surface area contributed by atoms with E-state index in [2.05, 4.69) is 12.2 Å². The van der Waals surface area contributed by atoms with Crippen LogP contribution in [0.4, 0.5) is 0 Å². The van der Waals surface area contributed by atoms with Crippen molar-refractivity contribution in [3.63, 3.8) is 0 Å². The highest BCUT2D eigenvalue weighted by molar-refractivity contribution is 5.69. The summed E-state index contributed by atoms with van der Waals surface area (Å²) in [6.45, 7) is 4.80. The third-order valence-corrected chi connectivity index (χ3v) is 2.59. The van der Waals surface area contributed by atoms with Gasteiger partial charge in [0.05, 0.1) is 13.0 Å². The van der Waals surface area contributed by atoms with Crippen LogP contribution in [0.5, 0.6) is 0 Å². The number of unbranched alkanes of at least 4 members (excludes halogenated alkanes) is 5. The highest BCUT2D eigenvalue weighted by Gasteiger charge is 2.01. The molecule has 0 radical (unpaired) electrons. The molecule has 4 heteroatoms. The van der Waals surface area contributed by atoms with Crippen LogP contribution in [0, 0.1) is 0 Å². The van der Waals surface area contributed by atoms with E-state index in [9.17, 15) is 4.79 Å². The van der Waals surface area contributed by atoms with Crippen LogP contribution in [0.1, 0.15) is 51.9 Å². The maximum absolute atomic E-state index is 11.2. The third kappa shape index (κ3) is 13.3. The molecule has 0 fully saturated rings. The van der Waals surface area contributed by atoms with Crippen molar-refractivity contribution in [1.29, 1.82) is 0 Å². The maximum atomic E-state index is 11.2. The molecule has 0 aromatic heterocycles. The Morgan fingerprint density at radius 2 is 1.82 bits per heavy atom. The van der Waals surface area contributed by atoms with Gasteiger partial charge in [-0.15, -0.1) is 0 Å². The van der Waals surface area contributed by atoms with E-state index in [1.807, 2.05) is 0 Å². The lowest BCUT2D eigenvalue weighted by molar-refractivity contribution is -0.143. The van der Waals surface area contributed by atoms with Crippen LogP contribution < -0.4 is 11.1 Å². The predicted octanol–water partition coefficient (Wildman–Crippen LogP) is 1.83. The first kappa shape index (κ1) is 16.4. The summed E-state index contributed by atoms with van der Waals surface area (Å²) >= 11 is 0. The van der Waals surface area contributed by atoms with Crippen LogP contribution in [-0.2, 0) is 9.53 Å². The van der Waals surface area contributed by atoms with Gasteiger partial charge in [-0.1, -0.05) is 39.0 Å². The van der Waals surface area contributed by atoms with Crippen molar-refractivity contribution in [2.24, 2.45) is 5.73 Å². The number of esters is 1. The van der Waals surface area contributed by atoms with Crippen molar-refractivity contribution < 1.29 is 9.53 Å². The molecular weight excluding hydrogens is 216 g/mol. The first-order valence-electron chi connectivity index (χ1n) is 6.87. The summed E-state index contributed by atoms with van der Waals surface area (Å²) in [4.78, 5) is 11.2. The van der Waals surface area contributed by atoms with E-state index >= 15 is 0 Å². The van der Waals surface area contributed by atoms with E-state index in [1.165, 1.54) is 32.1 Å². The molecule has 0 aromatic rings. The number of nitrogens with two attached hydrogens (primary N) is 1. The largest absolute Gasteiger partial charge is 0.466 e. The van der Waals surface area contributed by atoms with E-state index in [0.717, 1.165) is 13.0 Å². The first-order valence-corrected chi connectivity index (χ1v) is 6.87. The monoisotopic (exact) mass is 244 g/mol. The second-order valence-corrected chi connectivity index (χ2v) is 4.28. The number of ether oxygens (including phenoxy) is 1. The minimum atomic E-state index is -0.108. The molecule has 0 aliphatic carbocycles. The lowest BCUT2D eigenvalue weighted by atomic mass is 10.1. The molecule has 0 aliphatic rings. The Bertz CT molecular complexity index is 175. The van der Waals surface area contributed by atoms with Crippen LogP contribution in [0.3, 0.4) is 0 Å². The summed E-state index contributed by atoms with van der Waals surface area (Å²) < 4.78 is 5.12. The molecule has 0 rings (SSSR count). The molecule has 0 aromatic carbocycles. The molecule has 102 valence electrons. The molecule has 3 N–H and O–H groups in total. The number of hydrogen-bond donors (Lipinski definition) is 2. The summed E-state index contributed by atoms with van der Waals surface area (Å²) in [6.07, 6.45) is 7.73. The first-order chi connectivity index (χ1) is 8.31. The summed E-state index contributed by atoms with van der Waals surface area (Å²) in [6, 6.07) is 0. The van der Waals surface area contributed by atoms with Gasteiger partial charge in [0.25, 0.3) is 0 Å².